The molecular weight excluding hydrogens is 303 g/mol. The third-order valence-electron chi connectivity index (χ3n) is 2.64. The molecule has 0 saturated carbocycles. The van der Waals surface area contributed by atoms with Gasteiger partial charge in [0.25, 0.3) is 0 Å². The third kappa shape index (κ3) is 4.49. The summed E-state index contributed by atoms with van der Waals surface area (Å²) in [6.45, 7) is 0.225. The Labute approximate surface area is 123 Å². The number of benzene rings is 2. The molecule has 0 bridgehead atoms. The van der Waals surface area contributed by atoms with Crippen molar-refractivity contribution in [3.63, 3.8) is 0 Å². The predicted octanol–water partition coefficient (Wildman–Crippen LogP) is 4.32. The Morgan fingerprint density at radius 2 is 1.71 bits per heavy atom. The van der Waals surface area contributed by atoms with Gasteiger partial charge < -0.3 is 15.5 Å². The maximum atomic E-state index is 12.5. The van der Waals surface area contributed by atoms with Gasteiger partial charge in [-0.2, -0.15) is 13.2 Å². The summed E-state index contributed by atoms with van der Waals surface area (Å²) in [5.41, 5.74) is -3.36. The van der Waals surface area contributed by atoms with Gasteiger partial charge in [0, 0.05) is 17.1 Å². The fourth-order valence-electron chi connectivity index (χ4n) is 1.70. The summed E-state index contributed by atoms with van der Waals surface area (Å²) in [6.07, 6.45) is 0. The van der Waals surface area contributed by atoms with Crippen LogP contribution in [0.1, 0.15) is 5.56 Å². The molecule has 0 radical (unpaired) electrons. The number of thioether (sulfide) groups is 1. The summed E-state index contributed by atoms with van der Waals surface area (Å²) in [5, 5.41) is 21.5. The van der Waals surface area contributed by atoms with E-state index in [9.17, 15) is 23.4 Å². The predicted molar refractivity (Wildman–Crippen MR) is 75.5 cm³/mol. The van der Waals surface area contributed by atoms with Crippen molar-refractivity contribution in [1.82, 2.24) is 0 Å². The van der Waals surface area contributed by atoms with E-state index in [4.69, 9.17) is 0 Å². The average Bonchev–Trinajstić information content (AvgIpc) is 2.40. The van der Waals surface area contributed by atoms with Gasteiger partial charge in [-0.3, -0.25) is 0 Å². The zero-order chi connectivity index (χ0) is 15.5. The van der Waals surface area contributed by atoms with Gasteiger partial charge in [0.05, 0.1) is 0 Å². The first kappa shape index (κ1) is 15.4. The number of anilines is 1. The van der Waals surface area contributed by atoms with Gasteiger partial charge in [0.1, 0.15) is 0 Å². The van der Waals surface area contributed by atoms with Crippen LogP contribution in [0, 0.1) is 0 Å². The first-order valence-corrected chi connectivity index (χ1v) is 6.76. The lowest BCUT2D eigenvalue weighted by Crippen LogP contribution is -2.04. The van der Waals surface area contributed by atoms with Crippen LogP contribution >= 0.6 is 11.8 Å². The highest BCUT2D eigenvalue weighted by Crippen LogP contribution is 2.40. The molecule has 7 heteroatoms. The number of nitrogens with one attached hydrogen (secondary N) is 1. The number of rotatable bonds is 4. The van der Waals surface area contributed by atoms with Crippen LogP contribution in [0.3, 0.4) is 0 Å². The molecular formula is C14H12F3NO2S. The Bertz CT molecular complexity index is 632. The minimum atomic E-state index is -4.35. The first-order chi connectivity index (χ1) is 9.85. The quantitative estimate of drug-likeness (QED) is 0.581. The third-order valence-corrected chi connectivity index (χ3v) is 3.44. The van der Waals surface area contributed by atoms with E-state index in [2.05, 4.69) is 5.32 Å². The van der Waals surface area contributed by atoms with E-state index < -0.39 is 5.51 Å². The Balaban J connectivity index is 2.11. The summed E-state index contributed by atoms with van der Waals surface area (Å²) in [7, 11) is 0. The van der Waals surface area contributed by atoms with Crippen molar-refractivity contribution >= 4 is 17.4 Å². The molecule has 0 aliphatic heterocycles. The summed E-state index contributed by atoms with van der Waals surface area (Å²) in [6, 6.07) is 10.3. The number of phenolic OH excluding ortho intramolecular Hbond substituents is 2. The van der Waals surface area contributed by atoms with Crippen molar-refractivity contribution in [2.24, 2.45) is 0 Å². The molecule has 112 valence electrons. The van der Waals surface area contributed by atoms with Crippen LogP contribution in [-0.2, 0) is 6.54 Å². The highest BCUT2D eigenvalue weighted by atomic mass is 32.2. The number of aromatic hydroxyl groups is 2. The van der Waals surface area contributed by atoms with E-state index in [1.807, 2.05) is 0 Å². The molecule has 0 heterocycles. The normalized spacial score (nSPS) is 11.4. The second-order valence-electron chi connectivity index (χ2n) is 4.22. The Morgan fingerprint density at radius 1 is 1.00 bits per heavy atom. The van der Waals surface area contributed by atoms with Crippen LogP contribution in [0.2, 0.25) is 0 Å². The fourth-order valence-corrected chi connectivity index (χ4v) is 2.35. The SMILES string of the molecule is Oc1ccc(CNc2ccccc2SC(F)(F)F)cc1O. The minimum Gasteiger partial charge on any atom is -0.504 e. The molecule has 0 saturated heterocycles. The minimum absolute atomic E-state index is 0.0769. The van der Waals surface area contributed by atoms with Crippen LogP contribution in [0.5, 0.6) is 11.5 Å². The number of para-hydroxylation sites is 1. The Morgan fingerprint density at radius 3 is 2.38 bits per heavy atom. The number of alkyl halides is 3. The molecule has 0 aliphatic rings. The van der Waals surface area contributed by atoms with Crippen LogP contribution in [-0.4, -0.2) is 15.7 Å². The van der Waals surface area contributed by atoms with Gasteiger partial charge in [0.2, 0.25) is 0 Å². The van der Waals surface area contributed by atoms with Gasteiger partial charge in [-0.1, -0.05) is 18.2 Å². The van der Waals surface area contributed by atoms with Crippen molar-refractivity contribution in [3.8, 4) is 11.5 Å². The lowest BCUT2D eigenvalue weighted by molar-refractivity contribution is -0.0327. The van der Waals surface area contributed by atoms with Crippen molar-refractivity contribution in [1.29, 1.82) is 0 Å². The molecule has 2 aromatic carbocycles. The summed E-state index contributed by atoms with van der Waals surface area (Å²) in [5.74, 6) is -0.515. The van der Waals surface area contributed by atoms with E-state index in [0.29, 0.717) is 11.3 Å². The summed E-state index contributed by atoms with van der Waals surface area (Å²) >= 11 is -0.184. The van der Waals surface area contributed by atoms with E-state index in [-0.39, 0.29) is 34.7 Å². The molecule has 0 aromatic heterocycles. The molecule has 3 nitrogen and oxygen atoms in total. The zero-order valence-electron chi connectivity index (χ0n) is 10.7. The smallest absolute Gasteiger partial charge is 0.446 e. The molecule has 0 spiro atoms. The molecule has 0 atom stereocenters. The van der Waals surface area contributed by atoms with Crippen LogP contribution in [0.4, 0.5) is 18.9 Å². The second-order valence-corrected chi connectivity index (χ2v) is 5.33. The highest BCUT2D eigenvalue weighted by molar-refractivity contribution is 8.00. The van der Waals surface area contributed by atoms with Crippen molar-refractivity contribution in [2.45, 2.75) is 16.9 Å². The second kappa shape index (κ2) is 6.17. The average molecular weight is 315 g/mol. The van der Waals surface area contributed by atoms with Crippen LogP contribution in [0.25, 0.3) is 0 Å². The fraction of sp³-hybridized carbons (Fsp3) is 0.143. The Kier molecular flexibility index (Phi) is 4.52. The summed E-state index contributed by atoms with van der Waals surface area (Å²) < 4.78 is 37.4. The van der Waals surface area contributed by atoms with E-state index in [0.717, 1.165) is 0 Å². The zero-order valence-corrected chi connectivity index (χ0v) is 11.5. The number of halogens is 3. The van der Waals surface area contributed by atoms with Crippen LogP contribution in [0.15, 0.2) is 47.4 Å². The highest BCUT2D eigenvalue weighted by Gasteiger charge is 2.30. The lowest BCUT2D eigenvalue weighted by atomic mass is 10.2. The molecule has 0 unspecified atom stereocenters. The maximum Gasteiger partial charge on any atom is 0.446 e. The monoisotopic (exact) mass is 315 g/mol. The van der Waals surface area contributed by atoms with Crippen LogP contribution < -0.4 is 5.32 Å². The van der Waals surface area contributed by atoms with Crippen molar-refractivity contribution < 1.29 is 23.4 Å². The standard InChI is InChI=1S/C14H12F3NO2S/c15-14(16,17)21-13-4-2-1-3-10(13)18-8-9-5-6-11(19)12(20)7-9/h1-7,18-20H,8H2. The van der Waals surface area contributed by atoms with E-state index in [1.165, 1.54) is 24.3 Å². The van der Waals surface area contributed by atoms with Crippen molar-refractivity contribution in [3.05, 3.63) is 48.0 Å². The molecule has 0 aliphatic carbocycles. The van der Waals surface area contributed by atoms with E-state index in [1.54, 1.807) is 18.2 Å². The van der Waals surface area contributed by atoms with Gasteiger partial charge in [-0.05, 0) is 41.6 Å². The summed E-state index contributed by atoms with van der Waals surface area (Å²) in [4.78, 5) is 0.0769. The molecule has 0 fully saturated rings. The topological polar surface area (TPSA) is 52.5 Å². The van der Waals surface area contributed by atoms with Crippen molar-refractivity contribution in [2.75, 3.05) is 5.32 Å². The van der Waals surface area contributed by atoms with Gasteiger partial charge >= 0.3 is 5.51 Å². The van der Waals surface area contributed by atoms with Gasteiger partial charge in [-0.25, -0.2) is 0 Å². The molecule has 0 amide bonds. The molecule has 3 N–H and O–H groups in total. The van der Waals surface area contributed by atoms with Gasteiger partial charge in [0.15, 0.2) is 11.5 Å². The largest absolute Gasteiger partial charge is 0.504 e. The number of hydrogen-bond acceptors (Lipinski definition) is 4. The lowest BCUT2D eigenvalue weighted by Gasteiger charge is -2.13. The molecule has 2 aromatic rings. The van der Waals surface area contributed by atoms with Gasteiger partial charge in [-0.15, -0.1) is 0 Å². The Hall–Kier alpha value is -2.02. The number of phenols is 2. The molecule has 2 rings (SSSR count). The maximum absolute atomic E-state index is 12.5. The number of hydrogen-bond donors (Lipinski definition) is 3. The van der Waals surface area contributed by atoms with E-state index >= 15 is 0 Å². The first-order valence-electron chi connectivity index (χ1n) is 5.94. The molecule has 21 heavy (non-hydrogen) atoms.